The van der Waals surface area contributed by atoms with Gasteiger partial charge in [0.05, 0.1) is 6.10 Å². The minimum Gasteiger partial charge on any atom is -0.480 e. The number of hydrogen-bond donors (Lipinski definition) is 3. The highest BCUT2D eigenvalue weighted by atomic mass is 16.5. The monoisotopic (exact) mass is 258 g/mol. The second-order valence-electron chi connectivity index (χ2n) is 4.52. The number of aliphatic carboxylic acids is 1. The number of carboxylic acids is 1. The van der Waals surface area contributed by atoms with E-state index in [1.54, 1.807) is 6.92 Å². The fourth-order valence-electron chi connectivity index (χ4n) is 2.15. The zero-order valence-electron chi connectivity index (χ0n) is 10.9. The number of rotatable bonds is 6. The lowest BCUT2D eigenvalue weighted by molar-refractivity contribution is -0.139. The van der Waals surface area contributed by atoms with Gasteiger partial charge in [-0.3, -0.25) is 0 Å². The van der Waals surface area contributed by atoms with E-state index >= 15 is 0 Å². The zero-order valence-corrected chi connectivity index (χ0v) is 10.9. The molecular weight excluding hydrogens is 236 g/mol. The van der Waals surface area contributed by atoms with Gasteiger partial charge in [0.1, 0.15) is 6.04 Å². The van der Waals surface area contributed by atoms with Gasteiger partial charge in [0.15, 0.2) is 0 Å². The quantitative estimate of drug-likeness (QED) is 0.662. The van der Waals surface area contributed by atoms with Crippen molar-refractivity contribution in [2.45, 2.75) is 45.3 Å². The summed E-state index contributed by atoms with van der Waals surface area (Å²) in [4.78, 5) is 22.3. The maximum atomic E-state index is 11.5. The van der Waals surface area contributed by atoms with Crippen molar-refractivity contribution < 1.29 is 19.4 Å². The van der Waals surface area contributed by atoms with Crippen LogP contribution in [0.4, 0.5) is 4.79 Å². The number of nitrogens with one attached hydrogen (secondary N) is 2. The second-order valence-corrected chi connectivity index (χ2v) is 4.52. The Morgan fingerprint density at radius 3 is 2.72 bits per heavy atom. The largest absolute Gasteiger partial charge is 0.480 e. The van der Waals surface area contributed by atoms with Gasteiger partial charge in [-0.05, 0) is 19.3 Å². The molecule has 2 unspecified atom stereocenters. The van der Waals surface area contributed by atoms with Crippen LogP contribution in [0, 0.1) is 5.92 Å². The van der Waals surface area contributed by atoms with Crippen molar-refractivity contribution in [2.24, 2.45) is 5.92 Å². The number of carbonyl (C=O) groups excluding carboxylic acids is 1. The lowest BCUT2D eigenvalue weighted by Gasteiger charge is -2.18. The van der Waals surface area contributed by atoms with E-state index in [-0.39, 0.29) is 6.10 Å². The van der Waals surface area contributed by atoms with Crippen LogP contribution in [0.5, 0.6) is 0 Å². The van der Waals surface area contributed by atoms with Crippen LogP contribution in [0.1, 0.15) is 33.1 Å². The highest BCUT2D eigenvalue weighted by molar-refractivity contribution is 5.82. The summed E-state index contributed by atoms with van der Waals surface area (Å²) in [5, 5.41) is 14.0. The fraction of sp³-hybridized carbons (Fsp3) is 0.833. The van der Waals surface area contributed by atoms with Gasteiger partial charge in [-0.25, -0.2) is 9.59 Å². The Kier molecular flexibility index (Phi) is 5.91. The average molecular weight is 258 g/mol. The van der Waals surface area contributed by atoms with E-state index in [9.17, 15) is 9.59 Å². The molecule has 6 heteroatoms. The second kappa shape index (κ2) is 7.20. The van der Waals surface area contributed by atoms with Gasteiger partial charge < -0.3 is 20.5 Å². The van der Waals surface area contributed by atoms with Crippen LogP contribution in [0.3, 0.4) is 0 Å². The summed E-state index contributed by atoms with van der Waals surface area (Å²) in [6.07, 6.45) is 2.44. The molecular formula is C12H22N2O4. The number of urea groups is 1. The minimum atomic E-state index is -1.01. The summed E-state index contributed by atoms with van der Waals surface area (Å²) in [6.45, 7) is 5.04. The predicted molar refractivity (Wildman–Crippen MR) is 66.4 cm³/mol. The van der Waals surface area contributed by atoms with E-state index in [1.165, 1.54) is 0 Å². The first-order valence-corrected chi connectivity index (χ1v) is 6.47. The van der Waals surface area contributed by atoms with Crippen molar-refractivity contribution in [2.75, 3.05) is 13.2 Å². The highest BCUT2D eigenvalue weighted by Gasteiger charge is 2.27. The molecule has 1 fully saturated rings. The van der Waals surface area contributed by atoms with Crippen molar-refractivity contribution in [3.8, 4) is 0 Å². The lowest BCUT2D eigenvalue weighted by Crippen LogP contribution is -2.47. The smallest absolute Gasteiger partial charge is 0.326 e. The molecule has 0 spiro atoms. The summed E-state index contributed by atoms with van der Waals surface area (Å²) in [5.74, 6) is -0.686. The van der Waals surface area contributed by atoms with E-state index in [4.69, 9.17) is 9.84 Å². The van der Waals surface area contributed by atoms with Crippen LogP contribution >= 0.6 is 0 Å². The molecule has 2 amide bonds. The Morgan fingerprint density at radius 2 is 2.17 bits per heavy atom. The van der Waals surface area contributed by atoms with Crippen molar-refractivity contribution >= 4 is 12.0 Å². The zero-order chi connectivity index (χ0) is 13.5. The van der Waals surface area contributed by atoms with Crippen LogP contribution in [-0.4, -0.2) is 42.4 Å². The van der Waals surface area contributed by atoms with Crippen LogP contribution < -0.4 is 10.6 Å². The molecule has 0 aromatic rings. The van der Waals surface area contributed by atoms with Crippen LogP contribution in [0.2, 0.25) is 0 Å². The Bertz CT molecular complexity index is 296. The van der Waals surface area contributed by atoms with Gasteiger partial charge in [-0.1, -0.05) is 13.8 Å². The molecule has 1 aliphatic rings. The maximum absolute atomic E-state index is 11.5. The van der Waals surface area contributed by atoms with Crippen molar-refractivity contribution in [1.82, 2.24) is 10.6 Å². The van der Waals surface area contributed by atoms with E-state index in [0.717, 1.165) is 19.4 Å². The van der Waals surface area contributed by atoms with Gasteiger partial charge >= 0.3 is 12.0 Å². The molecule has 18 heavy (non-hydrogen) atoms. The third-order valence-electron chi connectivity index (χ3n) is 3.29. The number of hydrogen-bond acceptors (Lipinski definition) is 3. The molecule has 0 aromatic heterocycles. The SMILES string of the molecule is CCC1OCCC1CNC(=O)N[C@@H](CC)C(=O)O. The highest BCUT2D eigenvalue weighted by Crippen LogP contribution is 2.22. The van der Waals surface area contributed by atoms with Crippen molar-refractivity contribution in [3.05, 3.63) is 0 Å². The van der Waals surface area contributed by atoms with Crippen LogP contribution in [-0.2, 0) is 9.53 Å². The summed E-state index contributed by atoms with van der Waals surface area (Å²) in [6, 6.07) is -1.25. The first kappa shape index (κ1) is 14.8. The molecule has 0 radical (unpaired) electrons. The standard InChI is InChI=1S/C12H22N2O4/c1-3-9(11(15)16)14-12(17)13-7-8-5-6-18-10(8)4-2/h8-10H,3-7H2,1-2H3,(H,15,16)(H2,13,14,17)/t8?,9-,10?/m0/s1. The van der Waals surface area contributed by atoms with E-state index in [1.807, 2.05) is 0 Å². The van der Waals surface area contributed by atoms with Crippen molar-refractivity contribution in [1.29, 1.82) is 0 Å². The summed E-state index contributed by atoms with van der Waals surface area (Å²) >= 11 is 0. The number of carbonyl (C=O) groups is 2. The van der Waals surface area contributed by atoms with Gasteiger partial charge in [0.25, 0.3) is 0 Å². The average Bonchev–Trinajstić information content (AvgIpc) is 2.80. The van der Waals surface area contributed by atoms with E-state index in [2.05, 4.69) is 17.6 Å². The number of amides is 2. The van der Waals surface area contributed by atoms with Gasteiger partial charge in [-0.15, -0.1) is 0 Å². The Balaban J connectivity index is 2.30. The van der Waals surface area contributed by atoms with Crippen LogP contribution in [0.15, 0.2) is 0 Å². The number of carboxylic acid groups (broad SMARTS) is 1. The molecule has 1 saturated heterocycles. The Labute approximate surface area is 107 Å². The van der Waals surface area contributed by atoms with E-state index < -0.39 is 18.0 Å². The molecule has 104 valence electrons. The molecule has 6 nitrogen and oxygen atoms in total. The van der Waals surface area contributed by atoms with Gasteiger partial charge in [-0.2, -0.15) is 0 Å². The fourth-order valence-corrected chi connectivity index (χ4v) is 2.15. The topological polar surface area (TPSA) is 87.7 Å². The first-order chi connectivity index (χ1) is 8.58. The van der Waals surface area contributed by atoms with Gasteiger partial charge in [0, 0.05) is 19.1 Å². The molecule has 0 saturated carbocycles. The third kappa shape index (κ3) is 4.18. The normalized spacial score (nSPS) is 24.6. The third-order valence-corrected chi connectivity index (χ3v) is 3.29. The summed E-state index contributed by atoms with van der Waals surface area (Å²) in [7, 11) is 0. The molecule has 0 aromatic carbocycles. The number of ether oxygens (including phenoxy) is 1. The molecule has 0 bridgehead atoms. The molecule has 3 atom stereocenters. The lowest BCUT2D eigenvalue weighted by atomic mass is 10.00. The Morgan fingerprint density at radius 1 is 1.44 bits per heavy atom. The van der Waals surface area contributed by atoms with Crippen LogP contribution in [0.25, 0.3) is 0 Å². The molecule has 1 rings (SSSR count). The minimum absolute atomic E-state index is 0.201. The maximum Gasteiger partial charge on any atom is 0.326 e. The van der Waals surface area contributed by atoms with Crippen molar-refractivity contribution in [3.63, 3.8) is 0 Å². The summed E-state index contributed by atoms with van der Waals surface area (Å²) < 4.78 is 5.52. The molecule has 3 N–H and O–H groups in total. The summed E-state index contributed by atoms with van der Waals surface area (Å²) in [5.41, 5.74) is 0. The first-order valence-electron chi connectivity index (χ1n) is 6.47. The van der Waals surface area contributed by atoms with Gasteiger partial charge in [0.2, 0.25) is 0 Å². The molecule has 0 aliphatic carbocycles. The Hall–Kier alpha value is -1.30. The predicted octanol–water partition coefficient (Wildman–Crippen LogP) is 0.964. The molecule has 1 heterocycles. The molecule has 1 aliphatic heterocycles. The van der Waals surface area contributed by atoms with E-state index in [0.29, 0.717) is 18.9 Å².